The SMILES string of the molecule is CNC(=O)Oc1ccc(N=Cc2ccccc2)c(C(C)(C)C)c1. The van der Waals surface area contributed by atoms with Gasteiger partial charge >= 0.3 is 6.09 Å². The van der Waals surface area contributed by atoms with E-state index in [4.69, 9.17) is 4.74 Å². The Morgan fingerprint density at radius 3 is 2.43 bits per heavy atom. The van der Waals surface area contributed by atoms with E-state index in [0.29, 0.717) is 5.75 Å². The Morgan fingerprint density at radius 2 is 1.83 bits per heavy atom. The fourth-order valence-electron chi connectivity index (χ4n) is 2.13. The maximum atomic E-state index is 11.4. The van der Waals surface area contributed by atoms with Gasteiger partial charge in [0.25, 0.3) is 0 Å². The Hall–Kier alpha value is -2.62. The summed E-state index contributed by atoms with van der Waals surface area (Å²) in [5.74, 6) is 0.507. The van der Waals surface area contributed by atoms with Gasteiger partial charge in [0.15, 0.2) is 0 Å². The zero-order valence-electron chi connectivity index (χ0n) is 14.0. The third-order valence-corrected chi connectivity index (χ3v) is 3.34. The first-order valence-electron chi connectivity index (χ1n) is 7.53. The molecule has 0 aliphatic heterocycles. The second-order valence-corrected chi connectivity index (χ2v) is 6.24. The predicted octanol–water partition coefficient (Wildman–Crippen LogP) is 4.45. The van der Waals surface area contributed by atoms with Gasteiger partial charge in [-0.05, 0) is 34.7 Å². The van der Waals surface area contributed by atoms with Gasteiger partial charge in [-0.2, -0.15) is 0 Å². The molecule has 0 bridgehead atoms. The summed E-state index contributed by atoms with van der Waals surface area (Å²) in [5.41, 5.74) is 2.81. The van der Waals surface area contributed by atoms with Crippen molar-refractivity contribution in [1.82, 2.24) is 5.32 Å². The van der Waals surface area contributed by atoms with Gasteiger partial charge in [-0.15, -0.1) is 0 Å². The van der Waals surface area contributed by atoms with E-state index in [1.807, 2.05) is 48.7 Å². The second-order valence-electron chi connectivity index (χ2n) is 6.24. The lowest BCUT2D eigenvalue weighted by Crippen LogP contribution is -2.22. The molecule has 0 radical (unpaired) electrons. The fraction of sp³-hybridized carbons (Fsp3) is 0.263. The molecule has 23 heavy (non-hydrogen) atoms. The van der Waals surface area contributed by atoms with Gasteiger partial charge in [0.1, 0.15) is 5.75 Å². The third-order valence-electron chi connectivity index (χ3n) is 3.34. The largest absolute Gasteiger partial charge is 0.412 e. The first kappa shape index (κ1) is 16.7. The first-order valence-corrected chi connectivity index (χ1v) is 7.53. The molecule has 2 aromatic rings. The molecule has 120 valence electrons. The number of hydrogen-bond acceptors (Lipinski definition) is 3. The van der Waals surface area contributed by atoms with Crippen LogP contribution in [0.1, 0.15) is 31.9 Å². The summed E-state index contributed by atoms with van der Waals surface area (Å²) < 4.78 is 5.22. The van der Waals surface area contributed by atoms with Crippen molar-refractivity contribution in [3.8, 4) is 5.75 Å². The quantitative estimate of drug-likeness (QED) is 0.851. The maximum absolute atomic E-state index is 11.4. The summed E-state index contributed by atoms with van der Waals surface area (Å²) >= 11 is 0. The van der Waals surface area contributed by atoms with Crippen molar-refractivity contribution < 1.29 is 9.53 Å². The van der Waals surface area contributed by atoms with Crippen molar-refractivity contribution in [2.45, 2.75) is 26.2 Å². The third kappa shape index (κ3) is 4.68. The monoisotopic (exact) mass is 310 g/mol. The second kappa shape index (κ2) is 7.09. The average Bonchev–Trinajstić information content (AvgIpc) is 2.53. The number of amides is 1. The molecule has 0 aliphatic rings. The van der Waals surface area contributed by atoms with E-state index in [0.717, 1.165) is 16.8 Å². The van der Waals surface area contributed by atoms with Crippen LogP contribution in [0.15, 0.2) is 53.5 Å². The molecule has 4 nitrogen and oxygen atoms in total. The molecule has 0 fully saturated rings. The molecule has 1 amide bonds. The molecular weight excluding hydrogens is 288 g/mol. The van der Waals surface area contributed by atoms with E-state index in [9.17, 15) is 4.79 Å². The van der Waals surface area contributed by atoms with Crippen molar-refractivity contribution >= 4 is 18.0 Å². The number of carbonyl (C=O) groups is 1. The molecule has 2 aromatic carbocycles. The van der Waals surface area contributed by atoms with Crippen LogP contribution >= 0.6 is 0 Å². The van der Waals surface area contributed by atoms with Crippen molar-refractivity contribution in [3.05, 3.63) is 59.7 Å². The molecule has 0 spiro atoms. The molecule has 4 heteroatoms. The van der Waals surface area contributed by atoms with Crippen LogP contribution < -0.4 is 10.1 Å². The van der Waals surface area contributed by atoms with Crippen LogP contribution in [0.5, 0.6) is 5.75 Å². The number of aliphatic imine (C=N–C) groups is 1. The highest BCUT2D eigenvalue weighted by Gasteiger charge is 2.19. The first-order chi connectivity index (χ1) is 10.9. The van der Waals surface area contributed by atoms with Crippen LogP contribution in [0.4, 0.5) is 10.5 Å². The minimum absolute atomic E-state index is 0.120. The topological polar surface area (TPSA) is 50.7 Å². The lowest BCUT2D eigenvalue weighted by atomic mass is 9.85. The van der Waals surface area contributed by atoms with Gasteiger partial charge in [0.05, 0.1) is 5.69 Å². The molecule has 0 aliphatic carbocycles. The van der Waals surface area contributed by atoms with Crippen LogP contribution in [0.25, 0.3) is 0 Å². The normalized spacial score (nSPS) is 11.5. The summed E-state index contributed by atoms with van der Waals surface area (Å²) in [5, 5.41) is 2.44. The van der Waals surface area contributed by atoms with E-state index in [2.05, 4.69) is 31.1 Å². The number of hydrogen-bond donors (Lipinski definition) is 1. The molecule has 0 heterocycles. The fourth-order valence-corrected chi connectivity index (χ4v) is 2.13. The van der Waals surface area contributed by atoms with Crippen LogP contribution in [0.2, 0.25) is 0 Å². The summed E-state index contributed by atoms with van der Waals surface area (Å²) in [6.07, 6.45) is 1.36. The van der Waals surface area contributed by atoms with Crippen LogP contribution in [0, 0.1) is 0 Å². The Morgan fingerprint density at radius 1 is 1.13 bits per heavy atom. The Bertz CT molecular complexity index is 701. The highest BCUT2D eigenvalue weighted by atomic mass is 16.5. The van der Waals surface area contributed by atoms with Gasteiger partial charge < -0.3 is 10.1 Å². The summed E-state index contributed by atoms with van der Waals surface area (Å²) in [4.78, 5) is 16.0. The van der Waals surface area contributed by atoms with Gasteiger partial charge in [0, 0.05) is 13.3 Å². The van der Waals surface area contributed by atoms with Crippen LogP contribution in [-0.4, -0.2) is 19.4 Å². The van der Waals surface area contributed by atoms with E-state index in [1.54, 1.807) is 6.07 Å². The number of rotatable bonds is 3. The summed E-state index contributed by atoms with van der Waals surface area (Å²) in [7, 11) is 1.53. The number of carbonyl (C=O) groups excluding carboxylic acids is 1. The molecule has 0 aromatic heterocycles. The zero-order valence-corrected chi connectivity index (χ0v) is 14.0. The smallest absolute Gasteiger partial charge is 0.410 e. The summed E-state index contributed by atoms with van der Waals surface area (Å²) in [6.45, 7) is 6.31. The molecule has 0 unspecified atom stereocenters. The minimum Gasteiger partial charge on any atom is -0.410 e. The van der Waals surface area contributed by atoms with Gasteiger partial charge in [-0.1, -0.05) is 51.1 Å². The van der Waals surface area contributed by atoms with E-state index >= 15 is 0 Å². The molecule has 0 atom stereocenters. The van der Waals surface area contributed by atoms with Gasteiger partial charge in [-0.3, -0.25) is 4.99 Å². The highest BCUT2D eigenvalue weighted by Crippen LogP contribution is 2.34. The Balaban J connectivity index is 2.35. The molecule has 0 saturated carbocycles. The number of nitrogens with one attached hydrogen (secondary N) is 1. The lowest BCUT2D eigenvalue weighted by Gasteiger charge is -2.22. The molecular formula is C19H22N2O2. The molecule has 2 rings (SSSR count). The predicted molar refractivity (Wildman–Crippen MR) is 93.9 cm³/mol. The van der Waals surface area contributed by atoms with Crippen LogP contribution in [-0.2, 0) is 5.41 Å². The summed E-state index contributed by atoms with van der Waals surface area (Å²) in [6, 6.07) is 15.4. The number of nitrogens with zero attached hydrogens (tertiary/aromatic N) is 1. The van der Waals surface area contributed by atoms with Crippen LogP contribution in [0.3, 0.4) is 0 Å². The average molecular weight is 310 g/mol. The lowest BCUT2D eigenvalue weighted by molar-refractivity contribution is 0.203. The zero-order chi connectivity index (χ0) is 16.9. The minimum atomic E-state index is -0.481. The van der Waals surface area contributed by atoms with E-state index in [-0.39, 0.29) is 5.41 Å². The molecule has 0 saturated heterocycles. The standard InChI is InChI=1S/C19H22N2O2/c1-19(2,3)16-12-15(23-18(22)20-4)10-11-17(16)21-13-14-8-6-5-7-9-14/h5-13H,1-4H3,(H,20,22). The van der Waals surface area contributed by atoms with E-state index in [1.165, 1.54) is 7.05 Å². The highest BCUT2D eigenvalue weighted by molar-refractivity contribution is 5.82. The van der Waals surface area contributed by atoms with Crippen molar-refractivity contribution in [1.29, 1.82) is 0 Å². The number of benzene rings is 2. The van der Waals surface area contributed by atoms with Crippen molar-refractivity contribution in [2.75, 3.05) is 7.05 Å². The Kier molecular flexibility index (Phi) is 5.16. The van der Waals surface area contributed by atoms with Crippen molar-refractivity contribution in [2.24, 2.45) is 4.99 Å². The van der Waals surface area contributed by atoms with E-state index < -0.39 is 6.09 Å². The van der Waals surface area contributed by atoms with Crippen molar-refractivity contribution in [3.63, 3.8) is 0 Å². The molecule has 1 N–H and O–H groups in total. The number of ether oxygens (including phenoxy) is 1. The van der Waals surface area contributed by atoms with Gasteiger partial charge in [-0.25, -0.2) is 4.79 Å². The van der Waals surface area contributed by atoms with Gasteiger partial charge in [0.2, 0.25) is 0 Å². The Labute approximate surface area is 137 Å². The maximum Gasteiger partial charge on any atom is 0.412 e.